The minimum absolute atomic E-state index is 0.0668. The molecule has 1 aromatic heterocycles. The van der Waals surface area contributed by atoms with Crippen molar-refractivity contribution in [1.29, 1.82) is 0 Å². The first-order chi connectivity index (χ1) is 9.58. The van der Waals surface area contributed by atoms with E-state index < -0.39 is 0 Å². The van der Waals surface area contributed by atoms with Crippen molar-refractivity contribution in [2.45, 2.75) is 20.3 Å². The van der Waals surface area contributed by atoms with Crippen LogP contribution in [0.2, 0.25) is 0 Å². The second-order valence-corrected chi connectivity index (χ2v) is 6.04. The molecule has 0 radical (unpaired) electrons. The highest BCUT2D eigenvalue weighted by Gasteiger charge is 2.09. The molecular weight excluding hydrogens is 342 g/mol. The summed E-state index contributed by atoms with van der Waals surface area (Å²) in [7, 11) is 0. The van der Waals surface area contributed by atoms with Crippen molar-refractivity contribution in [2.24, 2.45) is 0 Å². The van der Waals surface area contributed by atoms with Crippen molar-refractivity contribution in [3.05, 3.63) is 33.2 Å². The van der Waals surface area contributed by atoms with Crippen molar-refractivity contribution in [3.8, 4) is 5.75 Å². The molecule has 0 aliphatic carbocycles. The van der Waals surface area contributed by atoms with Gasteiger partial charge >= 0.3 is 0 Å². The molecule has 1 aromatic carbocycles. The summed E-state index contributed by atoms with van der Waals surface area (Å²) in [5.74, 6) is 0.383. The first-order valence-corrected chi connectivity index (χ1v) is 7.70. The van der Waals surface area contributed by atoms with E-state index in [1.54, 1.807) is 0 Å². The van der Waals surface area contributed by atoms with Gasteiger partial charge in [0.05, 0.1) is 4.47 Å². The van der Waals surface area contributed by atoms with Crippen molar-refractivity contribution < 1.29 is 9.53 Å². The maximum Gasteiger partial charge on any atom is 0.264 e. The molecule has 0 saturated heterocycles. The van der Waals surface area contributed by atoms with Crippen LogP contribution in [0.5, 0.6) is 5.75 Å². The molecule has 2 rings (SSSR count). The van der Waals surface area contributed by atoms with Crippen LogP contribution in [-0.4, -0.2) is 22.7 Å². The second kappa shape index (κ2) is 6.81. The fourth-order valence-corrected chi connectivity index (χ4v) is 2.77. The van der Waals surface area contributed by atoms with Crippen LogP contribution < -0.4 is 10.1 Å². The lowest BCUT2D eigenvalue weighted by Gasteiger charge is -2.08. The third-order valence-electron chi connectivity index (χ3n) is 2.46. The number of benzene rings is 1. The highest BCUT2D eigenvalue weighted by atomic mass is 79.9. The number of halogens is 1. The summed E-state index contributed by atoms with van der Waals surface area (Å²) in [5.41, 5.74) is 1.12. The fraction of sp³-hybridized carbons (Fsp3) is 0.308. The van der Waals surface area contributed by atoms with E-state index in [9.17, 15) is 4.79 Å². The number of ether oxygens (including phenoxy) is 1. The van der Waals surface area contributed by atoms with Crippen LogP contribution in [0.15, 0.2) is 22.7 Å². The molecular formula is C13H14BrN3O2S. The van der Waals surface area contributed by atoms with Crippen LogP contribution in [0.1, 0.15) is 17.5 Å². The van der Waals surface area contributed by atoms with E-state index in [0.29, 0.717) is 10.9 Å². The Morgan fingerprint density at radius 2 is 2.25 bits per heavy atom. The summed E-state index contributed by atoms with van der Waals surface area (Å²) in [4.78, 5) is 11.7. The molecule has 0 fully saturated rings. The van der Waals surface area contributed by atoms with Crippen molar-refractivity contribution in [1.82, 2.24) is 10.2 Å². The number of aryl methyl sites for hydroxylation is 2. The summed E-state index contributed by atoms with van der Waals surface area (Å²) < 4.78 is 6.28. The number of aromatic nitrogens is 2. The monoisotopic (exact) mass is 355 g/mol. The van der Waals surface area contributed by atoms with Crippen LogP contribution in [0.25, 0.3) is 0 Å². The van der Waals surface area contributed by atoms with E-state index in [1.165, 1.54) is 11.3 Å². The van der Waals surface area contributed by atoms with E-state index in [-0.39, 0.29) is 12.5 Å². The third-order valence-corrected chi connectivity index (χ3v) is 4.06. The number of nitrogens with zero attached hydrogens (tertiary/aromatic N) is 2. The first kappa shape index (κ1) is 14.9. The van der Waals surface area contributed by atoms with Gasteiger partial charge in [0.1, 0.15) is 10.8 Å². The number of carbonyl (C=O) groups excluding carboxylic acids is 1. The molecule has 0 aliphatic heterocycles. The maximum absolute atomic E-state index is 11.7. The summed E-state index contributed by atoms with van der Waals surface area (Å²) in [5, 5.41) is 11.9. The molecule has 0 unspecified atom stereocenters. The van der Waals surface area contributed by atoms with Gasteiger partial charge in [-0.25, -0.2) is 0 Å². The van der Waals surface area contributed by atoms with Gasteiger partial charge in [0, 0.05) is 0 Å². The van der Waals surface area contributed by atoms with Gasteiger partial charge in [0.25, 0.3) is 5.91 Å². The molecule has 1 heterocycles. The highest BCUT2D eigenvalue weighted by Crippen LogP contribution is 2.25. The van der Waals surface area contributed by atoms with Gasteiger partial charge in [-0.05, 0) is 47.0 Å². The van der Waals surface area contributed by atoms with Crippen LogP contribution in [-0.2, 0) is 11.2 Å². The minimum atomic E-state index is -0.253. The van der Waals surface area contributed by atoms with Crippen LogP contribution in [0, 0.1) is 6.92 Å². The number of nitrogens with one attached hydrogen (secondary N) is 1. The molecule has 0 aliphatic rings. The predicted molar refractivity (Wildman–Crippen MR) is 82.3 cm³/mol. The zero-order valence-corrected chi connectivity index (χ0v) is 13.5. The fourth-order valence-electron chi connectivity index (χ4n) is 1.47. The normalized spacial score (nSPS) is 10.3. The smallest absolute Gasteiger partial charge is 0.264 e. The Kier molecular flexibility index (Phi) is 5.08. The van der Waals surface area contributed by atoms with Crippen molar-refractivity contribution in [3.63, 3.8) is 0 Å². The van der Waals surface area contributed by atoms with Gasteiger partial charge in [0.2, 0.25) is 5.13 Å². The SMILES string of the molecule is CCc1nnc(NC(=O)COc2ccc(C)cc2Br)s1. The first-order valence-electron chi connectivity index (χ1n) is 6.09. The number of carbonyl (C=O) groups is 1. The molecule has 106 valence electrons. The molecule has 0 saturated carbocycles. The van der Waals surface area contributed by atoms with Crippen molar-refractivity contribution >= 4 is 38.3 Å². The van der Waals surface area contributed by atoms with Crippen molar-refractivity contribution in [2.75, 3.05) is 11.9 Å². The zero-order chi connectivity index (χ0) is 14.5. The van der Waals surface area contributed by atoms with Gasteiger partial charge in [-0.1, -0.05) is 24.3 Å². The molecule has 0 bridgehead atoms. The minimum Gasteiger partial charge on any atom is -0.483 e. The molecule has 1 N–H and O–H groups in total. The Balaban J connectivity index is 1.88. The highest BCUT2D eigenvalue weighted by molar-refractivity contribution is 9.10. The molecule has 0 atom stereocenters. The van der Waals surface area contributed by atoms with E-state index in [0.717, 1.165) is 21.5 Å². The Morgan fingerprint density at radius 1 is 1.45 bits per heavy atom. The number of hydrogen-bond donors (Lipinski definition) is 1. The molecule has 20 heavy (non-hydrogen) atoms. The van der Waals surface area contributed by atoms with Crippen LogP contribution >= 0.6 is 27.3 Å². The molecule has 2 aromatic rings. The predicted octanol–water partition coefficient (Wildman–Crippen LogP) is 3.19. The van der Waals surface area contributed by atoms with Gasteiger partial charge in [-0.3, -0.25) is 10.1 Å². The molecule has 1 amide bonds. The van der Waals surface area contributed by atoms with Crippen LogP contribution in [0.3, 0.4) is 0 Å². The van der Waals surface area contributed by atoms with Gasteiger partial charge in [-0.15, -0.1) is 10.2 Å². The Morgan fingerprint density at radius 3 is 2.90 bits per heavy atom. The maximum atomic E-state index is 11.7. The molecule has 7 heteroatoms. The summed E-state index contributed by atoms with van der Waals surface area (Å²) in [6, 6.07) is 5.69. The topological polar surface area (TPSA) is 64.1 Å². The number of anilines is 1. The average molecular weight is 356 g/mol. The van der Waals surface area contributed by atoms with E-state index in [1.807, 2.05) is 32.0 Å². The standard InChI is InChI=1S/C13H14BrN3O2S/c1-3-12-16-17-13(20-12)15-11(18)7-19-10-5-4-8(2)6-9(10)14/h4-6H,3,7H2,1-2H3,(H,15,17,18). The van der Waals surface area contributed by atoms with E-state index in [2.05, 4.69) is 31.4 Å². The molecule has 5 nitrogen and oxygen atoms in total. The number of amides is 1. The second-order valence-electron chi connectivity index (χ2n) is 4.13. The largest absolute Gasteiger partial charge is 0.483 e. The van der Waals surface area contributed by atoms with E-state index >= 15 is 0 Å². The molecule has 0 spiro atoms. The zero-order valence-electron chi connectivity index (χ0n) is 11.1. The van der Waals surface area contributed by atoms with E-state index in [4.69, 9.17) is 4.74 Å². The van der Waals surface area contributed by atoms with Gasteiger partial charge < -0.3 is 4.74 Å². The lowest BCUT2D eigenvalue weighted by Crippen LogP contribution is -2.20. The number of rotatable bonds is 5. The Bertz CT molecular complexity index is 615. The summed E-state index contributed by atoms with van der Waals surface area (Å²) >= 11 is 4.77. The van der Waals surface area contributed by atoms with Crippen LogP contribution in [0.4, 0.5) is 5.13 Å². The van der Waals surface area contributed by atoms with Gasteiger partial charge in [-0.2, -0.15) is 0 Å². The number of hydrogen-bond acceptors (Lipinski definition) is 5. The third kappa shape index (κ3) is 4.01. The Hall–Kier alpha value is -1.47. The quantitative estimate of drug-likeness (QED) is 0.894. The lowest BCUT2D eigenvalue weighted by molar-refractivity contribution is -0.118. The summed E-state index contributed by atoms with van der Waals surface area (Å²) in [6.45, 7) is 3.91. The lowest BCUT2D eigenvalue weighted by atomic mass is 10.2. The summed E-state index contributed by atoms with van der Waals surface area (Å²) in [6.07, 6.45) is 0.806. The van der Waals surface area contributed by atoms with Gasteiger partial charge in [0.15, 0.2) is 6.61 Å². The Labute approximate surface area is 129 Å². The average Bonchev–Trinajstić information content (AvgIpc) is 2.85.